The van der Waals surface area contributed by atoms with Crippen LogP contribution in [0, 0.1) is 0 Å². The highest BCUT2D eigenvalue weighted by Crippen LogP contribution is 2.23. The van der Waals surface area contributed by atoms with Crippen LogP contribution in [0.5, 0.6) is 0 Å². The van der Waals surface area contributed by atoms with Gasteiger partial charge in [0, 0.05) is 30.1 Å². The van der Waals surface area contributed by atoms with E-state index < -0.39 is 0 Å². The molecule has 0 radical (unpaired) electrons. The summed E-state index contributed by atoms with van der Waals surface area (Å²) in [6.45, 7) is 3.28. The van der Waals surface area contributed by atoms with Crippen LogP contribution in [0.3, 0.4) is 0 Å². The highest BCUT2D eigenvalue weighted by atomic mass is 35.5. The molecule has 0 aromatic carbocycles. The number of hydrogen-bond donors (Lipinski definition) is 0. The predicted octanol–water partition coefficient (Wildman–Crippen LogP) is 2.67. The van der Waals surface area contributed by atoms with Crippen molar-refractivity contribution >= 4 is 23.4 Å². The minimum absolute atomic E-state index is 0.644. The highest BCUT2D eigenvalue weighted by Gasteiger charge is 2.21. The van der Waals surface area contributed by atoms with Crippen LogP contribution >= 0.6 is 23.4 Å². The number of likely N-dealkylation sites (tertiary alicyclic amines) is 1. The molecule has 1 aromatic rings. The standard InChI is InChI=1S/C11H15ClN2S/c1-15-10-4-6-14(8-10)7-9-3-2-5-13-11(9)12/h2-3,5,10H,4,6-8H2,1H3. The van der Waals surface area contributed by atoms with E-state index in [0.717, 1.165) is 17.4 Å². The van der Waals surface area contributed by atoms with Crippen LogP contribution in [0.1, 0.15) is 12.0 Å². The van der Waals surface area contributed by atoms with E-state index in [2.05, 4.69) is 22.2 Å². The van der Waals surface area contributed by atoms with Crippen LogP contribution in [-0.2, 0) is 6.54 Å². The molecule has 1 aliphatic rings. The van der Waals surface area contributed by atoms with E-state index in [1.54, 1.807) is 6.20 Å². The molecular formula is C11H15ClN2S. The average molecular weight is 243 g/mol. The number of thioether (sulfide) groups is 1. The predicted molar refractivity (Wildman–Crippen MR) is 66.4 cm³/mol. The van der Waals surface area contributed by atoms with Crippen LogP contribution < -0.4 is 0 Å². The molecule has 82 valence electrons. The zero-order chi connectivity index (χ0) is 10.7. The van der Waals surface area contributed by atoms with E-state index in [4.69, 9.17) is 11.6 Å². The number of aromatic nitrogens is 1. The van der Waals surface area contributed by atoms with E-state index in [9.17, 15) is 0 Å². The smallest absolute Gasteiger partial charge is 0.133 e. The van der Waals surface area contributed by atoms with Crippen molar-refractivity contribution in [1.29, 1.82) is 0 Å². The van der Waals surface area contributed by atoms with Gasteiger partial charge in [0.2, 0.25) is 0 Å². The number of halogens is 1. The third kappa shape index (κ3) is 2.86. The summed E-state index contributed by atoms with van der Waals surface area (Å²) in [7, 11) is 0. The highest BCUT2D eigenvalue weighted by molar-refractivity contribution is 7.99. The molecule has 0 saturated carbocycles. The third-order valence-corrected chi connectivity index (χ3v) is 4.18. The van der Waals surface area contributed by atoms with Crippen molar-refractivity contribution in [3.05, 3.63) is 29.0 Å². The average Bonchev–Trinajstić information content (AvgIpc) is 2.69. The lowest BCUT2D eigenvalue weighted by molar-refractivity contribution is 0.332. The molecule has 0 bridgehead atoms. The molecule has 1 atom stereocenters. The molecule has 2 rings (SSSR count). The Morgan fingerprint density at radius 1 is 1.67 bits per heavy atom. The Labute approximate surface area is 100 Å². The number of pyridine rings is 1. The van der Waals surface area contributed by atoms with E-state index in [-0.39, 0.29) is 0 Å². The van der Waals surface area contributed by atoms with Crippen molar-refractivity contribution in [2.75, 3.05) is 19.3 Å². The molecule has 15 heavy (non-hydrogen) atoms. The molecule has 1 unspecified atom stereocenters. The van der Waals surface area contributed by atoms with Gasteiger partial charge in [-0.2, -0.15) is 11.8 Å². The van der Waals surface area contributed by atoms with E-state index in [0.29, 0.717) is 5.15 Å². The van der Waals surface area contributed by atoms with Crippen LogP contribution in [0.4, 0.5) is 0 Å². The summed E-state index contributed by atoms with van der Waals surface area (Å²) in [6, 6.07) is 4.01. The molecule has 1 aromatic heterocycles. The van der Waals surface area contributed by atoms with Crippen LogP contribution in [-0.4, -0.2) is 34.5 Å². The fourth-order valence-corrected chi connectivity index (χ4v) is 2.79. The number of nitrogens with zero attached hydrogens (tertiary/aromatic N) is 2. The SMILES string of the molecule is CSC1CCN(Cc2cccnc2Cl)C1. The Balaban J connectivity index is 1.96. The number of hydrogen-bond acceptors (Lipinski definition) is 3. The van der Waals surface area contributed by atoms with Crippen molar-refractivity contribution in [1.82, 2.24) is 9.88 Å². The molecule has 0 aliphatic carbocycles. The van der Waals surface area contributed by atoms with Crippen LogP contribution in [0.2, 0.25) is 5.15 Å². The summed E-state index contributed by atoms with van der Waals surface area (Å²) < 4.78 is 0. The van der Waals surface area contributed by atoms with Gasteiger partial charge in [-0.15, -0.1) is 0 Å². The van der Waals surface area contributed by atoms with E-state index in [1.807, 2.05) is 17.8 Å². The Bertz CT molecular complexity index is 332. The van der Waals surface area contributed by atoms with Crippen molar-refractivity contribution in [3.8, 4) is 0 Å². The van der Waals surface area contributed by atoms with Gasteiger partial charge in [0.15, 0.2) is 0 Å². The third-order valence-electron chi connectivity index (χ3n) is 2.79. The zero-order valence-corrected chi connectivity index (χ0v) is 10.4. The van der Waals surface area contributed by atoms with Gasteiger partial charge in [-0.3, -0.25) is 4.90 Å². The molecule has 1 aliphatic heterocycles. The molecule has 4 heteroatoms. The monoisotopic (exact) mass is 242 g/mol. The minimum Gasteiger partial charge on any atom is -0.298 e. The van der Waals surface area contributed by atoms with Crippen molar-refractivity contribution < 1.29 is 0 Å². The second-order valence-electron chi connectivity index (χ2n) is 3.83. The Morgan fingerprint density at radius 2 is 2.53 bits per heavy atom. The van der Waals surface area contributed by atoms with Gasteiger partial charge in [-0.05, 0) is 25.3 Å². The Morgan fingerprint density at radius 3 is 3.20 bits per heavy atom. The fraction of sp³-hybridized carbons (Fsp3) is 0.545. The van der Waals surface area contributed by atoms with Crippen molar-refractivity contribution in [2.24, 2.45) is 0 Å². The molecule has 0 spiro atoms. The molecule has 0 N–H and O–H groups in total. The lowest BCUT2D eigenvalue weighted by Crippen LogP contribution is -2.20. The van der Waals surface area contributed by atoms with Crippen molar-refractivity contribution in [2.45, 2.75) is 18.2 Å². The first kappa shape index (κ1) is 11.2. The first-order valence-electron chi connectivity index (χ1n) is 5.14. The normalized spacial score (nSPS) is 22.1. The van der Waals surface area contributed by atoms with E-state index in [1.165, 1.54) is 19.5 Å². The second kappa shape index (κ2) is 5.19. The molecule has 2 heterocycles. The molecular weight excluding hydrogens is 228 g/mol. The van der Waals surface area contributed by atoms with Gasteiger partial charge < -0.3 is 0 Å². The summed E-state index contributed by atoms with van der Waals surface area (Å²) >= 11 is 7.99. The maximum atomic E-state index is 6.03. The first-order chi connectivity index (χ1) is 7.29. The lowest BCUT2D eigenvalue weighted by atomic mass is 10.3. The summed E-state index contributed by atoms with van der Waals surface area (Å²) in [6.07, 6.45) is 5.21. The lowest BCUT2D eigenvalue weighted by Gasteiger charge is -2.15. The van der Waals surface area contributed by atoms with Gasteiger partial charge >= 0.3 is 0 Å². The topological polar surface area (TPSA) is 16.1 Å². The molecule has 2 nitrogen and oxygen atoms in total. The Hall–Kier alpha value is -0.250. The quantitative estimate of drug-likeness (QED) is 0.759. The molecule has 0 amide bonds. The minimum atomic E-state index is 0.644. The van der Waals surface area contributed by atoms with Gasteiger partial charge in [0.1, 0.15) is 5.15 Å². The largest absolute Gasteiger partial charge is 0.298 e. The Kier molecular flexibility index (Phi) is 3.89. The fourth-order valence-electron chi connectivity index (χ4n) is 1.91. The summed E-state index contributed by atoms with van der Waals surface area (Å²) in [4.78, 5) is 6.54. The molecule has 1 saturated heterocycles. The number of rotatable bonds is 3. The zero-order valence-electron chi connectivity index (χ0n) is 8.82. The van der Waals surface area contributed by atoms with Crippen molar-refractivity contribution in [3.63, 3.8) is 0 Å². The van der Waals surface area contributed by atoms with Gasteiger partial charge in [0.05, 0.1) is 0 Å². The van der Waals surface area contributed by atoms with E-state index >= 15 is 0 Å². The summed E-state index contributed by atoms with van der Waals surface area (Å²) in [5, 5.41) is 1.44. The maximum absolute atomic E-state index is 6.03. The van der Waals surface area contributed by atoms with Crippen LogP contribution in [0.25, 0.3) is 0 Å². The first-order valence-corrected chi connectivity index (χ1v) is 6.80. The maximum Gasteiger partial charge on any atom is 0.133 e. The van der Waals surface area contributed by atoms with Gasteiger partial charge in [-0.25, -0.2) is 4.98 Å². The van der Waals surface area contributed by atoms with Gasteiger partial charge in [-0.1, -0.05) is 17.7 Å². The summed E-state index contributed by atoms with van der Waals surface area (Å²) in [5.41, 5.74) is 1.14. The summed E-state index contributed by atoms with van der Waals surface area (Å²) in [5.74, 6) is 0. The second-order valence-corrected chi connectivity index (χ2v) is 5.33. The molecule has 1 fully saturated rings. The van der Waals surface area contributed by atoms with Crippen LogP contribution in [0.15, 0.2) is 18.3 Å². The van der Waals surface area contributed by atoms with Gasteiger partial charge in [0.25, 0.3) is 0 Å².